The first-order valence-electron chi connectivity index (χ1n) is 12.9. The van der Waals surface area contributed by atoms with Crippen LogP contribution in [0.15, 0.2) is 48.5 Å². The highest BCUT2D eigenvalue weighted by Gasteiger charge is 2.39. The van der Waals surface area contributed by atoms with Crippen LogP contribution in [-0.2, 0) is 22.6 Å². The van der Waals surface area contributed by atoms with Gasteiger partial charge in [0.05, 0.1) is 6.54 Å². The number of benzene rings is 2. The first kappa shape index (κ1) is 30.6. The molecule has 1 unspecified atom stereocenters. The normalized spacial score (nSPS) is 14.6. The largest absolute Gasteiger partial charge is 0.508 e. The summed E-state index contributed by atoms with van der Waals surface area (Å²) in [6.07, 6.45) is 0.238. The van der Waals surface area contributed by atoms with Crippen LogP contribution in [0, 0.1) is 11.7 Å². The Morgan fingerprint density at radius 2 is 1.63 bits per heavy atom. The number of hydrogen-bond acceptors (Lipinski definition) is 5. The fourth-order valence-electron chi connectivity index (χ4n) is 4.14. The minimum atomic E-state index is -0.827. The van der Waals surface area contributed by atoms with E-state index >= 15 is 0 Å². The summed E-state index contributed by atoms with van der Waals surface area (Å²) in [5.74, 6) is -0.498. The highest BCUT2D eigenvalue weighted by atomic mass is 19.1. The summed E-state index contributed by atoms with van der Waals surface area (Å²) in [5, 5.41) is 15.3. The van der Waals surface area contributed by atoms with Gasteiger partial charge < -0.3 is 20.2 Å². The average molecular weight is 530 g/mol. The summed E-state index contributed by atoms with van der Waals surface area (Å²) < 4.78 is 13.2. The zero-order chi connectivity index (χ0) is 28.4. The van der Waals surface area contributed by atoms with E-state index in [1.807, 2.05) is 27.7 Å². The molecule has 1 aliphatic rings. The molecule has 1 heterocycles. The maximum absolute atomic E-state index is 13.5. The SMILES string of the molecule is CC.CC(C)CN(C)C(=O)C(Cc1ccc(O)cc1)N1CN(C(=O)NCc2ccc(F)cc2)N(C)CC1=O. The second-order valence-electron chi connectivity index (χ2n) is 9.50. The van der Waals surface area contributed by atoms with Gasteiger partial charge in [0, 0.05) is 33.6 Å². The first-order valence-corrected chi connectivity index (χ1v) is 12.9. The van der Waals surface area contributed by atoms with Gasteiger partial charge in [0.25, 0.3) is 0 Å². The quantitative estimate of drug-likeness (QED) is 0.546. The van der Waals surface area contributed by atoms with Crippen molar-refractivity contribution in [1.29, 1.82) is 0 Å². The van der Waals surface area contributed by atoms with E-state index in [0.29, 0.717) is 6.54 Å². The van der Waals surface area contributed by atoms with Crippen LogP contribution in [0.1, 0.15) is 38.8 Å². The molecule has 4 amide bonds. The standard InChI is InChI=1S/C26H34FN5O4.C2H6/c1-18(2)15-29(3)25(35)23(13-19-7-11-22(33)12-8-19)31-17-32(30(4)16-24(31)34)26(36)28-14-20-5-9-21(27)10-6-20;1-2/h5-12,18,23,33H,13-17H2,1-4H3,(H,28,36);1-2H3. The topological polar surface area (TPSA) is 96.4 Å². The van der Waals surface area contributed by atoms with Gasteiger partial charge in [-0.1, -0.05) is 52.0 Å². The fourth-order valence-corrected chi connectivity index (χ4v) is 4.14. The molecule has 9 nitrogen and oxygen atoms in total. The summed E-state index contributed by atoms with van der Waals surface area (Å²) in [6.45, 7) is 8.55. The summed E-state index contributed by atoms with van der Waals surface area (Å²) in [6, 6.07) is 11.1. The van der Waals surface area contributed by atoms with Crippen LogP contribution < -0.4 is 5.32 Å². The van der Waals surface area contributed by atoms with Gasteiger partial charge in [-0.05, 0) is 41.3 Å². The van der Waals surface area contributed by atoms with Crippen LogP contribution in [0.2, 0.25) is 0 Å². The minimum absolute atomic E-state index is 0.0722. The molecule has 208 valence electrons. The average Bonchev–Trinajstić information content (AvgIpc) is 2.88. The molecule has 0 saturated carbocycles. The first-order chi connectivity index (χ1) is 18.0. The van der Waals surface area contributed by atoms with Crippen molar-refractivity contribution in [3.8, 4) is 5.75 Å². The fraction of sp³-hybridized carbons (Fsp3) is 0.464. The molecule has 0 aliphatic carbocycles. The van der Waals surface area contributed by atoms with Crippen molar-refractivity contribution in [3.63, 3.8) is 0 Å². The number of aromatic hydroxyl groups is 1. The summed E-state index contributed by atoms with van der Waals surface area (Å²) in [5.41, 5.74) is 1.51. The lowest BCUT2D eigenvalue weighted by atomic mass is 10.0. The van der Waals surface area contributed by atoms with Crippen molar-refractivity contribution in [2.75, 3.05) is 33.9 Å². The van der Waals surface area contributed by atoms with E-state index in [0.717, 1.165) is 11.1 Å². The van der Waals surface area contributed by atoms with Crippen LogP contribution in [0.4, 0.5) is 9.18 Å². The number of hydrazine groups is 1. The van der Waals surface area contributed by atoms with Gasteiger partial charge in [-0.15, -0.1) is 0 Å². The minimum Gasteiger partial charge on any atom is -0.508 e. The summed E-state index contributed by atoms with van der Waals surface area (Å²) in [4.78, 5) is 42.7. The molecule has 1 atom stereocenters. The molecule has 2 aromatic rings. The predicted octanol–water partition coefficient (Wildman–Crippen LogP) is 3.44. The number of rotatable bonds is 8. The molecule has 10 heteroatoms. The number of carbonyl (C=O) groups excluding carboxylic acids is 3. The van der Waals surface area contributed by atoms with E-state index in [1.54, 1.807) is 43.3 Å². The van der Waals surface area contributed by atoms with Crippen LogP contribution in [0.25, 0.3) is 0 Å². The Kier molecular flexibility index (Phi) is 11.5. The van der Waals surface area contributed by atoms with E-state index in [1.165, 1.54) is 39.2 Å². The number of amides is 4. The molecular weight excluding hydrogens is 489 g/mol. The third-order valence-corrected chi connectivity index (χ3v) is 6.02. The summed E-state index contributed by atoms with van der Waals surface area (Å²) >= 11 is 0. The molecular formula is C28H40FN5O4. The van der Waals surface area contributed by atoms with Gasteiger partial charge in [0.1, 0.15) is 24.3 Å². The van der Waals surface area contributed by atoms with Gasteiger partial charge in [0.2, 0.25) is 11.8 Å². The third kappa shape index (κ3) is 8.44. The molecule has 2 aromatic carbocycles. The molecule has 0 bridgehead atoms. The maximum Gasteiger partial charge on any atom is 0.333 e. The van der Waals surface area contributed by atoms with E-state index < -0.39 is 12.1 Å². The highest BCUT2D eigenvalue weighted by molar-refractivity contribution is 5.89. The molecule has 1 aliphatic heterocycles. The number of nitrogens with one attached hydrogen (secondary N) is 1. The monoisotopic (exact) mass is 529 g/mol. The van der Waals surface area contributed by atoms with E-state index in [4.69, 9.17) is 0 Å². The number of hydrogen-bond donors (Lipinski definition) is 2. The second-order valence-corrected chi connectivity index (χ2v) is 9.50. The van der Waals surface area contributed by atoms with Crippen molar-refractivity contribution < 1.29 is 23.9 Å². The van der Waals surface area contributed by atoms with Crippen molar-refractivity contribution >= 4 is 17.8 Å². The lowest BCUT2D eigenvalue weighted by Crippen LogP contribution is -2.65. The van der Waals surface area contributed by atoms with Gasteiger partial charge in [-0.3, -0.25) is 9.59 Å². The Bertz CT molecular complexity index is 1060. The van der Waals surface area contributed by atoms with E-state index in [9.17, 15) is 23.9 Å². The van der Waals surface area contributed by atoms with Crippen molar-refractivity contribution in [1.82, 2.24) is 25.1 Å². The second kappa shape index (κ2) is 14.3. The smallest absolute Gasteiger partial charge is 0.333 e. The predicted molar refractivity (Wildman–Crippen MR) is 144 cm³/mol. The maximum atomic E-state index is 13.5. The molecule has 3 rings (SSSR count). The highest BCUT2D eigenvalue weighted by Crippen LogP contribution is 2.19. The number of carbonyl (C=O) groups is 3. The van der Waals surface area contributed by atoms with Gasteiger partial charge in [0.15, 0.2) is 0 Å². The van der Waals surface area contributed by atoms with Crippen molar-refractivity contribution in [2.45, 2.75) is 46.7 Å². The molecule has 38 heavy (non-hydrogen) atoms. The van der Waals surface area contributed by atoms with E-state index in [2.05, 4.69) is 5.32 Å². The molecule has 0 spiro atoms. The Hall–Kier alpha value is -3.66. The Balaban J connectivity index is 0.00000247. The van der Waals surface area contributed by atoms with Gasteiger partial charge in [-0.2, -0.15) is 0 Å². The number of phenols is 1. The number of likely N-dealkylation sites (N-methyl/N-ethyl adjacent to an activating group) is 2. The lowest BCUT2D eigenvalue weighted by molar-refractivity contribution is -0.160. The lowest BCUT2D eigenvalue weighted by Gasteiger charge is -2.44. The zero-order valence-corrected chi connectivity index (χ0v) is 23.1. The molecule has 0 aromatic heterocycles. The van der Waals surface area contributed by atoms with Crippen LogP contribution in [-0.4, -0.2) is 82.7 Å². The van der Waals surface area contributed by atoms with Gasteiger partial charge >= 0.3 is 6.03 Å². The zero-order valence-electron chi connectivity index (χ0n) is 23.1. The molecule has 2 N–H and O–H groups in total. The Morgan fingerprint density at radius 3 is 2.21 bits per heavy atom. The Morgan fingerprint density at radius 1 is 1.05 bits per heavy atom. The number of halogens is 1. The summed E-state index contributed by atoms with van der Waals surface area (Å²) in [7, 11) is 3.34. The van der Waals surface area contributed by atoms with Gasteiger partial charge in [-0.25, -0.2) is 19.2 Å². The van der Waals surface area contributed by atoms with Crippen LogP contribution in [0.3, 0.4) is 0 Å². The number of phenolic OH excluding ortho intramolecular Hbond substituents is 1. The number of nitrogens with zero attached hydrogens (tertiary/aromatic N) is 4. The van der Waals surface area contributed by atoms with Crippen molar-refractivity contribution in [3.05, 3.63) is 65.5 Å². The molecule has 0 radical (unpaired) electrons. The third-order valence-electron chi connectivity index (χ3n) is 6.02. The molecule has 1 fully saturated rings. The van der Waals surface area contributed by atoms with Crippen LogP contribution >= 0.6 is 0 Å². The van der Waals surface area contributed by atoms with E-state index in [-0.39, 0.29) is 55.5 Å². The van der Waals surface area contributed by atoms with Crippen LogP contribution in [0.5, 0.6) is 5.75 Å². The number of urea groups is 1. The Labute approximate surface area is 224 Å². The molecule has 1 saturated heterocycles. The van der Waals surface area contributed by atoms with Crippen molar-refractivity contribution in [2.24, 2.45) is 5.92 Å².